The average Bonchev–Trinajstić information content (AvgIpc) is 2.24. The van der Waals surface area contributed by atoms with Gasteiger partial charge in [-0.2, -0.15) is 0 Å². The van der Waals surface area contributed by atoms with Gasteiger partial charge in [-0.3, -0.25) is 9.69 Å². The Hall–Kier alpha value is -1.35. The van der Waals surface area contributed by atoms with Crippen LogP contribution in [0.1, 0.15) is 18.9 Å². The predicted molar refractivity (Wildman–Crippen MR) is 59.1 cm³/mol. The Morgan fingerprint density at radius 3 is 2.60 bits per heavy atom. The van der Waals surface area contributed by atoms with E-state index in [0.29, 0.717) is 0 Å². The highest BCUT2D eigenvalue weighted by atomic mass is 16.1. The minimum atomic E-state index is -0.435. The van der Waals surface area contributed by atoms with Gasteiger partial charge in [-0.15, -0.1) is 0 Å². The van der Waals surface area contributed by atoms with Gasteiger partial charge in [0, 0.05) is 13.1 Å². The van der Waals surface area contributed by atoms with Crippen molar-refractivity contribution in [1.29, 1.82) is 0 Å². The molecule has 3 heteroatoms. The van der Waals surface area contributed by atoms with Crippen molar-refractivity contribution in [1.82, 2.24) is 4.90 Å². The fourth-order valence-corrected chi connectivity index (χ4v) is 1.94. The molecule has 0 saturated carbocycles. The minimum Gasteiger partial charge on any atom is -0.368 e. The topological polar surface area (TPSA) is 46.3 Å². The Labute approximate surface area is 89.9 Å². The number of carbonyl (C=O) groups excluding carboxylic acids is 1. The molecule has 1 atom stereocenters. The molecule has 0 bridgehead atoms. The van der Waals surface area contributed by atoms with Gasteiger partial charge < -0.3 is 5.73 Å². The molecule has 2 rings (SSSR count). The van der Waals surface area contributed by atoms with E-state index in [1.165, 1.54) is 5.56 Å². The Morgan fingerprint density at radius 1 is 1.47 bits per heavy atom. The van der Waals surface area contributed by atoms with Crippen molar-refractivity contribution in [2.24, 2.45) is 5.73 Å². The van der Waals surface area contributed by atoms with E-state index in [1.807, 2.05) is 25.1 Å². The maximum atomic E-state index is 11.3. The van der Waals surface area contributed by atoms with Crippen molar-refractivity contribution < 1.29 is 4.79 Å². The summed E-state index contributed by atoms with van der Waals surface area (Å²) in [4.78, 5) is 13.4. The van der Waals surface area contributed by atoms with Crippen molar-refractivity contribution >= 4 is 5.91 Å². The number of hydrogen-bond acceptors (Lipinski definition) is 2. The smallest absolute Gasteiger partial charge is 0.237 e. The van der Waals surface area contributed by atoms with E-state index in [0.717, 1.165) is 19.5 Å². The van der Waals surface area contributed by atoms with Crippen LogP contribution in [0.2, 0.25) is 0 Å². The van der Waals surface area contributed by atoms with Gasteiger partial charge in [0.15, 0.2) is 0 Å². The normalized spacial score (nSPS) is 25.9. The molecule has 0 aliphatic carbocycles. The fourth-order valence-electron chi connectivity index (χ4n) is 1.94. The summed E-state index contributed by atoms with van der Waals surface area (Å²) in [5.74, 6) is -0.218. The van der Waals surface area contributed by atoms with Crippen LogP contribution in [0.4, 0.5) is 0 Å². The molecular formula is C12H16N2O. The summed E-state index contributed by atoms with van der Waals surface area (Å²) in [6, 6.07) is 10.2. The lowest BCUT2D eigenvalue weighted by Crippen LogP contribution is -2.64. The standard InChI is InChI=1S/C12H16N2O/c1-12(11(13)15)7-8-14(12)9-10-5-3-2-4-6-10/h2-6H,7-9H2,1H3,(H2,13,15)/t12-/m0/s1. The van der Waals surface area contributed by atoms with Crippen molar-refractivity contribution in [2.75, 3.05) is 6.54 Å². The van der Waals surface area contributed by atoms with E-state index in [1.54, 1.807) is 0 Å². The molecule has 80 valence electrons. The molecule has 3 nitrogen and oxygen atoms in total. The zero-order valence-corrected chi connectivity index (χ0v) is 8.94. The van der Waals surface area contributed by atoms with Crippen LogP contribution < -0.4 is 5.73 Å². The Bertz CT molecular complexity index is 363. The summed E-state index contributed by atoms with van der Waals surface area (Å²) in [5, 5.41) is 0. The van der Waals surface area contributed by atoms with Gasteiger partial charge in [0.05, 0.1) is 5.54 Å². The molecule has 15 heavy (non-hydrogen) atoms. The molecule has 1 saturated heterocycles. The van der Waals surface area contributed by atoms with E-state index in [9.17, 15) is 4.79 Å². The van der Waals surface area contributed by atoms with Crippen LogP contribution in [0, 0.1) is 0 Å². The van der Waals surface area contributed by atoms with E-state index in [4.69, 9.17) is 5.73 Å². The number of primary amides is 1. The third-order valence-electron chi connectivity index (χ3n) is 3.31. The molecule has 1 aromatic carbocycles. The lowest BCUT2D eigenvalue weighted by molar-refractivity contribution is -0.138. The summed E-state index contributed by atoms with van der Waals surface area (Å²) >= 11 is 0. The molecule has 1 aromatic rings. The summed E-state index contributed by atoms with van der Waals surface area (Å²) in [7, 11) is 0. The van der Waals surface area contributed by atoms with Crippen LogP contribution in [-0.4, -0.2) is 22.9 Å². The fraction of sp³-hybridized carbons (Fsp3) is 0.417. The number of amides is 1. The average molecular weight is 204 g/mol. The first-order valence-electron chi connectivity index (χ1n) is 5.22. The highest BCUT2D eigenvalue weighted by Gasteiger charge is 2.45. The third-order valence-corrected chi connectivity index (χ3v) is 3.31. The molecule has 1 aliphatic rings. The van der Waals surface area contributed by atoms with Gasteiger partial charge >= 0.3 is 0 Å². The highest BCUT2D eigenvalue weighted by molar-refractivity contribution is 5.85. The largest absolute Gasteiger partial charge is 0.368 e. The van der Waals surface area contributed by atoms with Gasteiger partial charge in [0.25, 0.3) is 0 Å². The number of rotatable bonds is 3. The quantitative estimate of drug-likeness (QED) is 0.802. The summed E-state index contributed by atoms with van der Waals surface area (Å²) in [5.41, 5.74) is 6.19. The first kappa shape index (κ1) is 10.2. The Balaban J connectivity index is 2.06. The molecule has 1 amide bonds. The van der Waals surface area contributed by atoms with Crippen molar-refractivity contribution in [3.63, 3.8) is 0 Å². The number of benzene rings is 1. The van der Waals surface area contributed by atoms with E-state index < -0.39 is 5.54 Å². The Kier molecular flexibility index (Phi) is 2.49. The van der Waals surface area contributed by atoms with Crippen LogP contribution in [0.15, 0.2) is 30.3 Å². The van der Waals surface area contributed by atoms with E-state index in [2.05, 4.69) is 17.0 Å². The lowest BCUT2D eigenvalue weighted by atomic mass is 9.85. The first-order valence-corrected chi connectivity index (χ1v) is 5.22. The lowest BCUT2D eigenvalue weighted by Gasteiger charge is -2.48. The van der Waals surface area contributed by atoms with Gasteiger partial charge in [0.2, 0.25) is 5.91 Å². The van der Waals surface area contributed by atoms with Gasteiger partial charge in [-0.1, -0.05) is 30.3 Å². The van der Waals surface area contributed by atoms with Crippen LogP contribution in [-0.2, 0) is 11.3 Å². The zero-order valence-electron chi connectivity index (χ0n) is 8.94. The number of carbonyl (C=O) groups is 1. The monoisotopic (exact) mass is 204 g/mol. The second-order valence-corrected chi connectivity index (χ2v) is 4.30. The van der Waals surface area contributed by atoms with Crippen LogP contribution in [0.3, 0.4) is 0 Å². The second kappa shape index (κ2) is 3.66. The van der Waals surface area contributed by atoms with Gasteiger partial charge in [-0.25, -0.2) is 0 Å². The molecular weight excluding hydrogens is 188 g/mol. The van der Waals surface area contributed by atoms with E-state index >= 15 is 0 Å². The summed E-state index contributed by atoms with van der Waals surface area (Å²) < 4.78 is 0. The van der Waals surface area contributed by atoms with Crippen LogP contribution in [0.25, 0.3) is 0 Å². The molecule has 1 heterocycles. The first-order chi connectivity index (χ1) is 7.13. The SMILES string of the molecule is C[C@@]1(C(N)=O)CCN1Cc1ccccc1. The maximum Gasteiger partial charge on any atom is 0.237 e. The summed E-state index contributed by atoms with van der Waals surface area (Å²) in [6.45, 7) is 3.68. The third kappa shape index (κ3) is 1.75. The van der Waals surface area contributed by atoms with Crippen LogP contribution >= 0.6 is 0 Å². The zero-order chi connectivity index (χ0) is 10.9. The van der Waals surface area contributed by atoms with Crippen molar-refractivity contribution in [3.05, 3.63) is 35.9 Å². The second-order valence-electron chi connectivity index (χ2n) is 4.30. The molecule has 1 fully saturated rings. The van der Waals surface area contributed by atoms with Gasteiger partial charge in [-0.05, 0) is 18.9 Å². The van der Waals surface area contributed by atoms with Crippen LogP contribution in [0.5, 0.6) is 0 Å². The summed E-state index contributed by atoms with van der Waals surface area (Å²) in [6.07, 6.45) is 0.870. The highest BCUT2D eigenvalue weighted by Crippen LogP contribution is 2.31. The molecule has 2 N–H and O–H groups in total. The molecule has 0 spiro atoms. The molecule has 0 aromatic heterocycles. The molecule has 0 unspecified atom stereocenters. The minimum absolute atomic E-state index is 0.218. The molecule has 0 radical (unpaired) electrons. The van der Waals surface area contributed by atoms with E-state index in [-0.39, 0.29) is 5.91 Å². The Morgan fingerprint density at radius 2 is 2.13 bits per heavy atom. The number of nitrogens with two attached hydrogens (primary N) is 1. The number of nitrogens with zero attached hydrogens (tertiary/aromatic N) is 1. The predicted octanol–water partition coefficient (Wildman–Crippen LogP) is 1.14. The molecule has 1 aliphatic heterocycles. The number of likely N-dealkylation sites (tertiary alicyclic amines) is 1. The maximum absolute atomic E-state index is 11.3. The van der Waals surface area contributed by atoms with Crippen molar-refractivity contribution in [3.8, 4) is 0 Å². The number of hydrogen-bond donors (Lipinski definition) is 1. The van der Waals surface area contributed by atoms with Crippen molar-refractivity contribution in [2.45, 2.75) is 25.4 Å². The van der Waals surface area contributed by atoms with Gasteiger partial charge in [0.1, 0.15) is 0 Å².